The molecular weight excluding hydrogens is 178 g/mol. The second-order valence-electron chi connectivity index (χ2n) is 2.99. The highest BCUT2D eigenvalue weighted by atomic mass is 35.5. The number of hydrogen-bond donors (Lipinski definition) is 0. The first-order valence-electron chi connectivity index (χ1n) is 3.99. The van der Waals surface area contributed by atoms with Crippen molar-refractivity contribution in [3.05, 3.63) is 0 Å². The lowest BCUT2D eigenvalue weighted by atomic mass is 10.5. The van der Waals surface area contributed by atoms with Crippen LogP contribution in [0.15, 0.2) is 0 Å². The van der Waals surface area contributed by atoms with E-state index in [-0.39, 0.29) is 0 Å². The average Bonchev–Trinajstić information content (AvgIpc) is 1.97. The molecule has 0 fully saturated rings. The Labute approximate surface area is 79.5 Å². The normalized spacial score (nSPS) is 13.9. The number of thioether (sulfide) groups is 1. The minimum Gasteiger partial charge on any atom is -0.309 e. The van der Waals surface area contributed by atoms with Gasteiger partial charge in [-0.1, -0.05) is 6.92 Å². The van der Waals surface area contributed by atoms with Gasteiger partial charge < -0.3 is 4.90 Å². The van der Waals surface area contributed by atoms with E-state index in [4.69, 9.17) is 11.6 Å². The highest BCUT2D eigenvalue weighted by Crippen LogP contribution is 2.12. The van der Waals surface area contributed by atoms with Crippen LogP contribution in [0.5, 0.6) is 0 Å². The summed E-state index contributed by atoms with van der Waals surface area (Å²) in [5.74, 6) is 2.00. The van der Waals surface area contributed by atoms with Crippen molar-refractivity contribution in [1.82, 2.24) is 4.90 Å². The van der Waals surface area contributed by atoms with Gasteiger partial charge in [-0.15, -0.1) is 11.6 Å². The molecule has 0 aromatic rings. The van der Waals surface area contributed by atoms with Crippen LogP contribution < -0.4 is 0 Å². The standard InChI is InChI=1S/C8H18ClNS/c1-8(7-9)11-6-4-5-10(2)3/h8H,4-7H2,1-3H3. The van der Waals surface area contributed by atoms with Crippen molar-refractivity contribution in [3.63, 3.8) is 0 Å². The summed E-state index contributed by atoms with van der Waals surface area (Å²) in [6.45, 7) is 3.36. The van der Waals surface area contributed by atoms with Crippen LogP contribution in [0.4, 0.5) is 0 Å². The Morgan fingerprint density at radius 1 is 1.45 bits per heavy atom. The number of nitrogens with zero attached hydrogens (tertiary/aromatic N) is 1. The highest BCUT2D eigenvalue weighted by Gasteiger charge is 1.99. The van der Waals surface area contributed by atoms with E-state index in [9.17, 15) is 0 Å². The molecule has 68 valence electrons. The molecule has 1 unspecified atom stereocenters. The number of hydrogen-bond acceptors (Lipinski definition) is 2. The van der Waals surface area contributed by atoms with Crippen LogP contribution in [0.1, 0.15) is 13.3 Å². The van der Waals surface area contributed by atoms with Crippen molar-refractivity contribution in [1.29, 1.82) is 0 Å². The zero-order valence-electron chi connectivity index (χ0n) is 7.64. The number of rotatable bonds is 6. The second kappa shape index (κ2) is 7.26. The van der Waals surface area contributed by atoms with Gasteiger partial charge in [0.2, 0.25) is 0 Å². The third kappa shape index (κ3) is 8.51. The summed E-state index contributed by atoms with van der Waals surface area (Å²) in [6.07, 6.45) is 1.26. The van der Waals surface area contributed by atoms with Gasteiger partial charge in [0.05, 0.1) is 0 Å². The molecule has 0 spiro atoms. The van der Waals surface area contributed by atoms with Crippen LogP contribution in [-0.2, 0) is 0 Å². The van der Waals surface area contributed by atoms with E-state index in [1.165, 1.54) is 18.7 Å². The quantitative estimate of drug-likeness (QED) is 0.473. The molecule has 0 saturated heterocycles. The molecule has 0 aliphatic rings. The first-order valence-corrected chi connectivity index (χ1v) is 5.57. The summed E-state index contributed by atoms with van der Waals surface area (Å²) in [4.78, 5) is 2.21. The molecule has 0 radical (unpaired) electrons. The number of alkyl halides is 1. The highest BCUT2D eigenvalue weighted by molar-refractivity contribution is 7.99. The summed E-state index contributed by atoms with van der Waals surface area (Å²) in [5.41, 5.74) is 0. The fourth-order valence-electron chi connectivity index (χ4n) is 0.710. The van der Waals surface area contributed by atoms with E-state index in [2.05, 4.69) is 25.9 Å². The molecule has 0 aromatic carbocycles. The zero-order valence-corrected chi connectivity index (χ0v) is 9.21. The molecule has 0 bridgehead atoms. The van der Waals surface area contributed by atoms with Gasteiger partial charge in [0.1, 0.15) is 0 Å². The van der Waals surface area contributed by atoms with Crippen LogP contribution in [0.3, 0.4) is 0 Å². The van der Waals surface area contributed by atoms with Crippen LogP contribution in [0.2, 0.25) is 0 Å². The molecular formula is C8H18ClNS. The third-order valence-electron chi connectivity index (χ3n) is 1.37. The van der Waals surface area contributed by atoms with Gasteiger partial charge in [0.25, 0.3) is 0 Å². The molecule has 0 aliphatic heterocycles. The van der Waals surface area contributed by atoms with Crippen molar-refractivity contribution >= 4 is 23.4 Å². The molecule has 0 N–H and O–H groups in total. The Morgan fingerprint density at radius 2 is 2.09 bits per heavy atom. The van der Waals surface area contributed by atoms with Crippen molar-refractivity contribution in [3.8, 4) is 0 Å². The molecule has 3 heteroatoms. The van der Waals surface area contributed by atoms with Gasteiger partial charge in [-0.25, -0.2) is 0 Å². The molecule has 0 heterocycles. The first kappa shape index (κ1) is 11.6. The van der Waals surface area contributed by atoms with E-state index in [1.54, 1.807) is 0 Å². The maximum absolute atomic E-state index is 5.66. The molecule has 0 aliphatic carbocycles. The molecule has 0 aromatic heterocycles. The largest absolute Gasteiger partial charge is 0.309 e. The predicted octanol–water partition coefficient (Wildman–Crippen LogP) is 2.30. The van der Waals surface area contributed by atoms with E-state index in [0.29, 0.717) is 5.25 Å². The smallest absolute Gasteiger partial charge is 0.0339 e. The molecule has 11 heavy (non-hydrogen) atoms. The average molecular weight is 196 g/mol. The van der Waals surface area contributed by atoms with E-state index in [0.717, 1.165) is 5.88 Å². The summed E-state index contributed by atoms with van der Waals surface area (Å²) in [5, 5.41) is 0.610. The molecule has 0 amide bonds. The van der Waals surface area contributed by atoms with Gasteiger partial charge in [-0.3, -0.25) is 0 Å². The second-order valence-corrected chi connectivity index (χ2v) is 4.85. The van der Waals surface area contributed by atoms with E-state index in [1.807, 2.05) is 11.8 Å². The third-order valence-corrected chi connectivity index (χ3v) is 3.28. The van der Waals surface area contributed by atoms with Crippen molar-refractivity contribution < 1.29 is 0 Å². The van der Waals surface area contributed by atoms with Crippen molar-refractivity contribution in [2.24, 2.45) is 0 Å². The Kier molecular flexibility index (Phi) is 7.66. The summed E-state index contributed by atoms with van der Waals surface area (Å²) in [6, 6.07) is 0. The maximum atomic E-state index is 5.66. The Bertz CT molecular complexity index is 88.2. The topological polar surface area (TPSA) is 3.24 Å². The molecule has 1 nitrogen and oxygen atoms in total. The Hall–Kier alpha value is 0.600. The minimum atomic E-state index is 0.610. The summed E-state index contributed by atoms with van der Waals surface area (Å²) < 4.78 is 0. The lowest BCUT2D eigenvalue weighted by Crippen LogP contribution is -2.14. The monoisotopic (exact) mass is 195 g/mol. The van der Waals surface area contributed by atoms with Gasteiger partial charge in [-0.05, 0) is 32.8 Å². The van der Waals surface area contributed by atoms with Gasteiger partial charge in [-0.2, -0.15) is 11.8 Å². The van der Waals surface area contributed by atoms with Crippen LogP contribution >= 0.6 is 23.4 Å². The fourth-order valence-corrected chi connectivity index (χ4v) is 1.76. The van der Waals surface area contributed by atoms with E-state index < -0.39 is 0 Å². The summed E-state index contributed by atoms with van der Waals surface area (Å²) in [7, 11) is 4.21. The van der Waals surface area contributed by atoms with Crippen LogP contribution in [-0.4, -0.2) is 42.4 Å². The maximum Gasteiger partial charge on any atom is 0.0339 e. The van der Waals surface area contributed by atoms with Crippen LogP contribution in [0.25, 0.3) is 0 Å². The van der Waals surface area contributed by atoms with Crippen LogP contribution in [0, 0.1) is 0 Å². The molecule has 1 atom stereocenters. The van der Waals surface area contributed by atoms with Gasteiger partial charge >= 0.3 is 0 Å². The van der Waals surface area contributed by atoms with Crippen molar-refractivity contribution in [2.75, 3.05) is 32.3 Å². The first-order chi connectivity index (χ1) is 5.16. The van der Waals surface area contributed by atoms with E-state index >= 15 is 0 Å². The Morgan fingerprint density at radius 3 is 2.55 bits per heavy atom. The minimum absolute atomic E-state index is 0.610. The summed E-state index contributed by atoms with van der Waals surface area (Å²) >= 11 is 7.62. The fraction of sp³-hybridized carbons (Fsp3) is 1.00. The SMILES string of the molecule is CC(CCl)SCCCN(C)C. The Balaban J connectivity index is 3.01. The van der Waals surface area contributed by atoms with Gasteiger partial charge in [0, 0.05) is 11.1 Å². The lowest BCUT2D eigenvalue weighted by Gasteiger charge is -2.10. The van der Waals surface area contributed by atoms with Crippen molar-refractivity contribution in [2.45, 2.75) is 18.6 Å². The zero-order chi connectivity index (χ0) is 8.69. The molecule has 0 saturated carbocycles. The number of halogens is 1. The van der Waals surface area contributed by atoms with Gasteiger partial charge in [0.15, 0.2) is 0 Å². The molecule has 0 rings (SSSR count). The lowest BCUT2D eigenvalue weighted by molar-refractivity contribution is 0.410. The predicted molar refractivity (Wildman–Crippen MR) is 55.8 cm³/mol.